The summed E-state index contributed by atoms with van der Waals surface area (Å²) in [7, 11) is 0. The summed E-state index contributed by atoms with van der Waals surface area (Å²) in [5.74, 6) is 0.228. The fourth-order valence-electron chi connectivity index (χ4n) is 2.47. The molecule has 1 amide bonds. The van der Waals surface area contributed by atoms with Gasteiger partial charge in [0.25, 0.3) is 0 Å². The Labute approximate surface area is 108 Å². The van der Waals surface area contributed by atoms with Crippen LogP contribution in [0.1, 0.15) is 36.2 Å². The van der Waals surface area contributed by atoms with Gasteiger partial charge in [0, 0.05) is 11.6 Å². The number of aryl methyl sites for hydroxylation is 3. The molecule has 3 heteroatoms. The molecule has 96 valence electrons. The van der Waals surface area contributed by atoms with Crippen LogP contribution in [0.2, 0.25) is 0 Å². The summed E-state index contributed by atoms with van der Waals surface area (Å²) in [6.45, 7) is 5.92. The molecule has 18 heavy (non-hydrogen) atoms. The summed E-state index contributed by atoms with van der Waals surface area (Å²) in [6, 6.07) is 2.00. The van der Waals surface area contributed by atoms with Crippen LogP contribution in [-0.4, -0.2) is 10.9 Å². The Bertz CT molecular complexity index is 468. The highest BCUT2D eigenvalue weighted by atomic mass is 16.1. The van der Waals surface area contributed by atoms with Crippen molar-refractivity contribution in [3.8, 4) is 0 Å². The molecule has 0 aliphatic heterocycles. The van der Waals surface area contributed by atoms with Gasteiger partial charge in [0.2, 0.25) is 5.91 Å². The summed E-state index contributed by atoms with van der Waals surface area (Å²) in [5, 5.41) is 3.04. The lowest BCUT2D eigenvalue weighted by Gasteiger charge is -2.19. The number of aromatic nitrogens is 1. The number of hydrogen-bond donors (Lipinski definition) is 1. The van der Waals surface area contributed by atoms with E-state index in [9.17, 15) is 4.79 Å². The third-order valence-corrected chi connectivity index (χ3v) is 3.41. The van der Waals surface area contributed by atoms with Gasteiger partial charge in [-0.2, -0.15) is 0 Å². The van der Waals surface area contributed by atoms with Crippen LogP contribution < -0.4 is 5.32 Å². The molecule has 0 radical (unpaired) electrons. The lowest BCUT2D eigenvalue weighted by molar-refractivity contribution is -0.120. The Balaban J connectivity index is 2.14. The van der Waals surface area contributed by atoms with Crippen molar-refractivity contribution in [2.45, 2.75) is 40.0 Å². The molecule has 0 aromatic carbocycles. The second-order valence-corrected chi connectivity index (χ2v) is 5.01. The number of carbonyl (C=O) groups is 1. The van der Waals surface area contributed by atoms with Crippen molar-refractivity contribution in [3.05, 3.63) is 35.2 Å². The van der Waals surface area contributed by atoms with Crippen molar-refractivity contribution >= 4 is 11.6 Å². The van der Waals surface area contributed by atoms with Crippen LogP contribution in [0.5, 0.6) is 0 Å². The summed E-state index contributed by atoms with van der Waals surface area (Å²) in [5.41, 5.74) is 3.84. The second kappa shape index (κ2) is 5.34. The minimum absolute atomic E-state index is 0.107. The summed E-state index contributed by atoms with van der Waals surface area (Å²) < 4.78 is 0. The number of nitrogens with one attached hydrogen (secondary N) is 1. The molecule has 1 N–H and O–H groups in total. The van der Waals surface area contributed by atoms with Gasteiger partial charge in [-0.3, -0.25) is 9.78 Å². The highest BCUT2D eigenvalue weighted by Crippen LogP contribution is 2.23. The average molecular weight is 244 g/mol. The highest BCUT2D eigenvalue weighted by molar-refractivity contribution is 5.94. The molecule has 1 atom stereocenters. The maximum Gasteiger partial charge on any atom is 0.227 e. The molecule has 1 aromatic heterocycles. The Morgan fingerprint density at radius 2 is 2.11 bits per heavy atom. The summed E-state index contributed by atoms with van der Waals surface area (Å²) in [4.78, 5) is 16.6. The van der Waals surface area contributed by atoms with E-state index in [0.717, 1.165) is 41.9 Å². The van der Waals surface area contributed by atoms with E-state index in [1.54, 1.807) is 0 Å². The quantitative estimate of drug-likeness (QED) is 0.811. The van der Waals surface area contributed by atoms with Crippen LogP contribution in [-0.2, 0) is 4.79 Å². The van der Waals surface area contributed by atoms with Crippen LogP contribution in [0.4, 0.5) is 5.69 Å². The van der Waals surface area contributed by atoms with Crippen molar-refractivity contribution in [2.75, 3.05) is 5.32 Å². The highest BCUT2D eigenvalue weighted by Gasteiger charge is 2.20. The normalized spacial score (nSPS) is 18.7. The maximum absolute atomic E-state index is 12.2. The van der Waals surface area contributed by atoms with E-state index in [4.69, 9.17) is 0 Å². The fraction of sp³-hybridized carbons (Fsp3) is 0.467. The number of hydrogen-bond acceptors (Lipinski definition) is 2. The molecule has 2 rings (SSSR count). The van der Waals surface area contributed by atoms with Crippen molar-refractivity contribution in [1.82, 2.24) is 4.98 Å². The van der Waals surface area contributed by atoms with E-state index >= 15 is 0 Å². The van der Waals surface area contributed by atoms with Gasteiger partial charge < -0.3 is 5.32 Å². The van der Waals surface area contributed by atoms with Gasteiger partial charge in [-0.05, 0) is 51.7 Å². The molecule has 0 fully saturated rings. The number of pyridine rings is 1. The van der Waals surface area contributed by atoms with E-state index < -0.39 is 0 Å². The molecule has 1 unspecified atom stereocenters. The predicted molar refractivity (Wildman–Crippen MR) is 73.6 cm³/mol. The lowest BCUT2D eigenvalue weighted by atomic mass is 9.93. The summed E-state index contributed by atoms with van der Waals surface area (Å²) in [6.07, 6.45) is 7.04. The zero-order valence-corrected chi connectivity index (χ0v) is 11.3. The molecule has 0 bridgehead atoms. The van der Waals surface area contributed by atoms with E-state index in [-0.39, 0.29) is 11.8 Å². The first-order chi connectivity index (χ1) is 8.58. The number of carbonyl (C=O) groups excluding carboxylic acids is 1. The van der Waals surface area contributed by atoms with Gasteiger partial charge in [-0.25, -0.2) is 0 Å². The van der Waals surface area contributed by atoms with Crippen LogP contribution in [0.25, 0.3) is 0 Å². The minimum Gasteiger partial charge on any atom is -0.324 e. The van der Waals surface area contributed by atoms with Gasteiger partial charge in [0.05, 0.1) is 11.4 Å². The zero-order chi connectivity index (χ0) is 13.1. The van der Waals surface area contributed by atoms with Crippen molar-refractivity contribution in [3.63, 3.8) is 0 Å². The van der Waals surface area contributed by atoms with E-state index in [1.165, 1.54) is 0 Å². The van der Waals surface area contributed by atoms with E-state index in [2.05, 4.69) is 22.5 Å². The SMILES string of the molecule is Cc1cc(C)c(NC(=O)C2CC=CCC2)c(C)n1. The van der Waals surface area contributed by atoms with Gasteiger partial charge in [0.1, 0.15) is 0 Å². The standard InChI is InChI=1S/C15H20N2O/c1-10-9-11(2)16-12(3)14(10)17-15(18)13-7-5-4-6-8-13/h4-5,9,13H,6-8H2,1-3H3,(H,17,18). The molecular formula is C15H20N2O. The number of allylic oxidation sites excluding steroid dienone is 2. The molecule has 0 saturated heterocycles. The molecule has 3 nitrogen and oxygen atoms in total. The molecule has 1 aliphatic carbocycles. The second-order valence-electron chi connectivity index (χ2n) is 5.01. The predicted octanol–water partition coefficient (Wildman–Crippen LogP) is 3.30. The van der Waals surface area contributed by atoms with Crippen LogP contribution in [0.15, 0.2) is 18.2 Å². The third kappa shape index (κ3) is 2.78. The number of rotatable bonds is 2. The molecule has 0 spiro atoms. The van der Waals surface area contributed by atoms with Gasteiger partial charge in [-0.15, -0.1) is 0 Å². The Morgan fingerprint density at radius 3 is 2.72 bits per heavy atom. The fourth-order valence-corrected chi connectivity index (χ4v) is 2.47. The van der Waals surface area contributed by atoms with Gasteiger partial charge in [0.15, 0.2) is 0 Å². The van der Waals surface area contributed by atoms with E-state index in [0.29, 0.717) is 0 Å². The monoisotopic (exact) mass is 244 g/mol. The largest absolute Gasteiger partial charge is 0.324 e. The van der Waals surface area contributed by atoms with Crippen molar-refractivity contribution in [1.29, 1.82) is 0 Å². The Morgan fingerprint density at radius 1 is 1.33 bits per heavy atom. The molecule has 1 aliphatic rings. The van der Waals surface area contributed by atoms with E-state index in [1.807, 2.05) is 26.8 Å². The van der Waals surface area contributed by atoms with Crippen LogP contribution >= 0.6 is 0 Å². The Hall–Kier alpha value is -1.64. The minimum atomic E-state index is 0.107. The molecular weight excluding hydrogens is 224 g/mol. The summed E-state index contributed by atoms with van der Waals surface area (Å²) >= 11 is 0. The average Bonchev–Trinajstić information content (AvgIpc) is 2.34. The molecule has 0 saturated carbocycles. The van der Waals surface area contributed by atoms with Gasteiger partial charge >= 0.3 is 0 Å². The Kier molecular flexibility index (Phi) is 3.80. The first-order valence-corrected chi connectivity index (χ1v) is 6.48. The lowest BCUT2D eigenvalue weighted by Crippen LogP contribution is -2.24. The zero-order valence-electron chi connectivity index (χ0n) is 11.3. The number of nitrogens with zero attached hydrogens (tertiary/aromatic N) is 1. The smallest absolute Gasteiger partial charge is 0.227 e. The van der Waals surface area contributed by atoms with Crippen LogP contribution in [0.3, 0.4) is 0 Å². The van der Waals surface area contributed by atoms with Gasteiger partial charge in [-0.1, -0.05) is 12.2 Å². The number of anilines is 1. The molecule has 1 heterocycles. The third-order valence-electron chi connectivity index (χ3n) is 3.41. The molecule has 1 aromatic rings. The maximum atomic E-state index is 12.2. The first-order valence-electron chi connectivity index (χ1n) is 6.48. The van der Waals surface area contributed by atoms with Crippen LogP contribution in [0, 0.1) is 26.7 Å². The topological polar surface area (TPSA) is 42.0 Å². The van der Waals surface area contributed by atoms with Crippen molar-refractivity contribution < 1.29 is 4.79 Å². The number of amides is 1. The van der Waals surface area contributed by atoms with Crippen molar-refractivity contribution in [2.24, 2.45) is 5.92 Å². The first kappa shape index (κ1) is 12.8.